The SMILES string of the molecule is C/C1=C/C(C)CC(C)OC(=O)CC(c2ccc(O)cc2)NC(=O)C(Cc2ccc(O)c(I)c2)N(C)C(=O)C(C)NC(=O)C(C)C1. The van der Waals surface area contributed by atoms with Crippen molar-refractivity contribution >= 4 is 46.3 Å². The number of halogens is 1. The van der Waals surface area contributed by atoms with Gasteiger partial charge in [-0.05, 0) is 97.5 Å². The van der Waals surface area contributed by atoms with E-state index in [4.69, 9.17) is 4.74 Å². The van der Waals surface area contributed by atoms with Gasteiger partial charge >= 0.3 is 5.97 Å². The van der Waals surface area contributed by atoms with Crippen LogP contribution in [0.5, 0.6) is 11.5 Å². The second-order valence-electron chi connectivity index (χ2n) is 12.2. The molecule has 0 fully saturated rings. The predicted molar refractivity (Wildman–Crippen MR) is 179 cm³/mol. The molecule has 0 aliphatic carbocycles. The number of esters is 1. The molecule has 45 heavy (non-hydrogen) atoms. The molecule has 0 aromatic heterocycles. The van der Waals surface area contributed by atoms with Crippen molar-refractivity contribution in [2.45, 2.75) is 84.5 Å². The normalized spacial score (nSPS) is 27.6. The lowest BCUT2D eigenvalue weighted by Crippen LogP contribution is -2.55. The Hall–Kier alpha value is -3.61. The predicted octanol–water partition coefficient (Wildman–Crippen LogP) is 4.77. The molecular weight excluding hydrogens is 689 g/mol. The first-order valence-corrected chi connectivity index (χ1v) is 16.2. The molecule has 6 atom stereocenters. The summed E-state index contributed by atoms with van der Waals surface area (Å²) in [7, 11) is 1.51. The van der Waals surface area contributed by atoms with Gasteiger partial charge in [-0.15, -0.1) is 0 Å². The summed E-state index contributed by atoms with van der Waals surface area (Å²) >= 11 is 1.99. The highest BCUT2D eigenvalue weighted by atomic mass is 127. The van der Waals surface area contributed by atoms with Gasteiger partial charge in [0.05, 0.1) is 22.1 Å². The van der Waals surface area contributed by atoms with Gasteiger partial charge in [-0.1, -0.05) is 43.7 Å². The average Bonchev–Trinajstić information content (AvgIpc) is 2.95. The number of hydrogen-bond donors (Lipinski definition) is 4. The first kappa shape index (κ1) is 35.9. The van der Waals surface area contributed by atoms with E-state index in [1.165, 1.54) is 30.1 Å². The van der Waals surface area contributed by atoms with E-state index in [-0.39, 0.29) is 36.2 Å². The average molecular weight is 734 g/mol. The lowest BCUT2D eigenvalue weighted by molar-refractivity contribution is -0.149. The number of amides is 3. The molecule has 10 nitrogen and oxygen atoms in total. The molecule has 2 aromatic rings. The van der Waals surface area contributed by atoms with E-state index in [1.807, 2.05) is 43.4 Å². The molecule has 0 spiro atoms. The number of rotatable bonds is 3. The van der Waals surface area contributed by atoms with E-state index in [0.29, 0.717) is 27.5 Å². The molecule has 3 amide bonds. The number of hydrogen-bond acceptors (Lipinski definition) is 7. The number of ether oxygens (including phenoxy) is 1. The third-order valence-corrected chi connectivity index (χ3v) is 8.82. The number of allylic oxidation sites excluding steroid dienone is 2. The van der Waals surface area contributed by atoms with Gasteiger partial charge in [0, 0.05) is 19.4 Å². The number of nitrogens with one attached hydrogen (secondary N) is 2. The molecule has 3 rings (SSSR count). The molecule has 0 bridgehead atoms. The van der Waals surface area contributed by atoms with Gasteiger partial charge in [0.15, 0.2) is 0 Å². The van der Waals surface area contributed by atoms with Gasteiger partial charge in [-0.3, -0.25) is 19.2 Å². The number of phenolic OH excluding ortho intramolecular Hbond substituents is 2. The molecule has 11 heteroatoms. The van der Waals surface area contributed by atoms with Gasteiger partial charge < -0.3 is 30.5 Å². The first-order chi connectivity index (χ1) is 21.1. The summed E-state index contributed by atoms with van der Waals surface area (Å²) in [5, 5.41) is 25.6. The number of benzene rings is 2. The molecule has 1 aliphatic rings. The summed E-state index contributed by atoms with van der Waals surface area (Å²) in [6, 6.07) is 8.36. The minimum absolute atomic E-state index is 0.0326. The zero-order valence-electron chi connectivity index (χ0n) is 26.7. The van der Waals surface area contributed by atoms with Crippen LogP contribution >= 0.6 is 22.6 Å². The Bertz CT molecular complexity index is 1410. The highest BCUT2D eigenvalue weighted by Gasteiger charge is 2.33. The van der Waals surface area contributed by atoms with Gasteiger partial charge in [-0.25, -0.2) is 0 Å². The summed E-state index contributed by atoms with van der Waals surface area (Å²) < 4.78 is 6.33. The van der Waals surface area contributed by atoms with Crippen molar-refractivity contribution in [2.24, 2.45) is 11.8 Å². The van der Waals surface area contributed by atoms with Crippen LogP contribution in [0.15, 0.2) is 54.1 Å². The summed E-state index contributed by atoms with van der Waals surface area (Å²) in [6.45, 7) is 9.19. The fourth-order valence-electron chi connectivity index (χ4n) is 5.62. The molecule has 0 saturated carbocycles. The first-order valence-electron chi connectivity index (χ1n) is 15.1. The fraction of sp³-hybridized carbons (Fsp3) is 0.471. The summed E-state index contributed by atoms with van der Waals surface area (Å²) in [4.78, 5) is 55.2. The molecule has 4 N–H and O–H groups in total. The minimum atomic E-state index is -1.03. The number of likely N-dealkylation sites (N-methyl/N-ethyl adjacent to an activating group) is 1. The highest BCUT2D eigenvalue weighted by molar-refractivity contribution is 14.1. The van der Waals surface area contributed by atoms with Crippen LogP contribution in [0.2, 0.25) is 0 Å². The molecule has 0 radical (unpaired) electrons. The Morgan fingerprint density at radius 2 is 1.60 bits per heavy atom. The lowest BCUT2D eigenvalue weighted by atomic mass is 9.95. The minimum Gasteiger partial charge on any atom is -0.508 e. The monoisotopic (exact) mass is 733 g/mol. The summed E-state index contributed by atoms with van der Waals surface area (Å²) in [5.74, 6) is -1.94. The van der Waals surface area contributed by atoms with Crippen molar-refractivity contribution in [1.29, 1.82) is 0 Å². The molecule has 2 aromatic carbocycles. The molecular formula is C34H44IN3O7. The van der Waals surface area contributed by atoms with Crippen molar-refractivity contribution in [3.05, 3.63) is 68.8 Å². The number of phenols is 2. The van der Waals surface area contributed by atoms with E-state index in [0.717, 1.165) is 5.57 Å². The molecule has 1 aliphatic heterocycles. The van der Waals surface area contributed by atoms with Gasteiger partial charge in [0.2, 0.25) is 17.7 Å². The van der Waals surface area contributed by atoms with E-state index < -0.39 is 47.9 Å². The maximum atomic E-state index is 14.0. The third-order valence-electron chi connectivity index (χ3n) is 7.95. The highest BCUT2D eigenvalue weighted by Crippen LogP contribution is 2.25. The number of aromatic hydroxyl groups is 2. The second kappa shape index (κ2) is 16.1. The Morgan fingerprint density at radius 3 is 2.24 bits per heavy atom. The van der Waals surface area contributed by atoms with Crippen LogP contribution in [0.4, 0.5) is 0 Å². The number of nitrogens with zero attached hydrogens (tertiary/aromatic N) is 1. The summed E-state index contributed by atoms with van der Waals surface area (Å²) in [5.41, 5.74) is 2.29. The van der Waals surface area contributed by atoms with Gasteiger partial charge in [0.25, 0.3) is 0 Å². The van der Waals surface area contributed by atoms with E-state index in [1.54, 1.807) is 38.1 Å². The topological polar surface area (TPSA) is 145 Å². The maximum absolute atomic E-state index is 14.0. The Kier molecular flexibility index (Phi) is 12.8. The number of carbonyl (C=O) groups is 4. The van der Waals surface area contributed by atoms with Crippen LogP contribution in [0.1, 0.15) is 71.0 Å². The quantitative estimate of drug-likeness (QED) is 0.202. The summed E-state index contributed by atoms with van der Waals surface area (Å²) in [6.07, 6.45) is 2.68. The smallest absolute Gasteiger partial charge is 0.308 e. The lowest BCUT2D eigenvalue weighted by Gasteiger charge is -2.32. The van der Waals surface area contributed by atoms with E-state index in [9.17, 15) is 29.4 Å². The van der Waals surface area contributed by atoms with Gasteiger partial charge in [-0.2, -0.15) is 0 Å². The zero-order chi connectivity index (χ0) is 33.4. The Balaban J connectivity index is 2.03. The second-order valence-corrected chi connectivity index (χ2v) is 13.3. The van der Waals surface area contributed by atoms with Crippen molar-refractivity contribution in [1.82, 2.24) is 15.5 Å². The fourth-order valence-corrected chi connectivity index (χ4v) is 6.20. The van der Waals surface area contributed by atoms with Crippen LogP contribution in [0.3, 0.4) is 0 Å². The molecule has 6 unspecified atom stereocenters. The van der Waals surface area contributed by atoms with Crippen LogP contribution < -0.4 is 10.6 Å². The van der Waals surface area contributed by atoms with Crippen LogP contribution in [0, 0.1) is 15.4 Å². The van der Waals surface area contributed by atoms with Crippen molar-refractivity contribution in [2.75, 3.05) is 7.05 Å². The number of cyclic esters (lactones) is 1. The molecule has 1 heterocycles. The van der Waals surface area contributed by atoms with Crippen LogP contribution in [0.25, 0.3) is 0 Å². The Labute approximate surface area is 278 Å². The van der Waals surface area contributed by atoms with Gasteiger partial charge in [0.1, 0.15) is 23.6 Å². The molecule has 0 saturated heterocycles. The van der Waals surface area contributed by atoms with Crippen LogP contribution in [-0.2, 0) is 30.3 Å². The van der Waals surface area contributed by atoms with E-state index >= 15 is 0 Å². The third kappa shape index (κ3) is 10.5. The van der Waals surface area contributed by atoms with E-state index in [2.05, 4.69) is 16.7 Å². The largest absolute Gasteiger partial charge is 0.508 e. The zero-order valence-corrected chi connectivity index (χ0v) is 28.8. The number of carbonyl (C=O) groups excluding carboxylic acids is 4. The van der Waals surface area contributed by atoms with Crippen molar-refractivity contribution < 1.29 is 34.1 Å². The van der Waals surface area contributed by atoms with Crippen molar-refractivity contribution in [3.8, 4) is 11.5 Å². The van der Waals surface area contributed by atoms with Crippen molar-refractivity contribution in [3.63, 3.8) is 0 Å². The Morgan fingerprint density at radius 1 is 0.933 bits per heavy atom. The van der Waals surface area contributed by atoms with Crippen LogP contribution in [-0.4, -0.2) is 64.0 Å². The maximum Gasteiger partial charge on any atom is 0.308 e. The standard InChI is InChI=1S/C34H44IN3O7/c1-19-13-20(2)15-22(4)45-31(41)18-28(25-8-10-26(39)11-9-25)37-33(43)29(17-24-7-12-30(40)27(35)16-24)38(6)34(44)23(5)36-32(42)21(3)14-19/h7-13,16,20-23,28-29,39-40H,14-15,17-18H2,1-6H3,(H,36,42)(H,37,43)/b19-13-. The molecule has 244 valence electrons.